The number of benzene rings is 1. The van der Waals surface area contributed by atoms with Crippen molar-refractivity contribution >= 4 is 21.7 Å². The number of nitrogens with zero attached hydrogens (tertiary/aromatic N) is 4. The molecule has 0 spiro atoms. The van der Waals surface area contributed by atoms with Crippen molar-refractivity contribution in [2.45, 2.75) is 23.9 Å². The molecule has 0 atom stereocenters. The summed E-state index contributed by atoms with van der Waals surface area (Å²) in [6.07, 6.45) is -0.789. The van der Waals surface area contributed by atoms with Crippen LogP contribution in [0.1, 0.15) is 28.8 Å². The van der Waals surface area contributed by atoms with Crippen LogP contribution in [0.15, 0.2) is 47.5 Å². The van der Waals surface area contributed by atoms with E-state index in [-0.39, 0.29) is 37.0 Å². The number of rotatable bonds is 4. The van der Waals surface area contributed by atoms with Crippen molar-refractivity contribution in [3.63, 3.8) is 0 Å². The first-order chi connectivity index (χ1) is 15.2. The second-order valence-electron chi connectivity index (χ2n) is 7.79. The number of halogens is 3. The number of aromatic nitrogens is 1. The van der Waals surface area contributed by atoms with Crippen LogP contribution in [0, 0.1) is 0 Å². The Hall–Kier alpha value is -2.66. The highest BCUT2D eigenvalue weighted by atomic mass is 32.2. The molecule has 0 saturated carbocycles. The molecule has 2 aromatic rings. The van der Waals surface area contributed by atoms with Crippen LogP contribution in [-0.4, -0.2) is 67.8 Å². The fourth-order valence-corrected chi connectivity index (χ4v) is 5.43. The van der Waals surface area contributed by atoms with E-state index < -0.39 is 21.8 Å². The quantitative estimate of drug-likeness (QED) is 0.690. The molecule has 1 aromatic heterocycles. The molecule has 1 amide bonds. The predicted molar refractivity (Wildman–Crippen MR) is 112 cm³/mol. The summed E-state index contributed by atoms with van der Waals surface area (Å²) in [5.41, 5.74) is -0.411. The van der Waals surface area contributed by atoms with Gasteiger partial charge in [0.1, 0.15) is 5.82 Å². The molecule has 172 valence electrons. The van der Waals surface area contributed by atoms with E-state index in [1.54, 1.807) is 23.2 Å². The number of sulfonamides is 1. The minimum absolute atomic E-state index is 0.0639. The van der Waals surface area contributed by atoms with Gasteiger partial charge >= 0.3 is 6.18 Å². The summed E-state index contributed by atoms with van der Waals surface area (Å²) < 4.78 is 65.1. The lowest BCUT2D eigenvalue weighted by atomic mass is 10.2. The number of amides is 1. The van der Waals surface area contributed by atoms with Gasteiger partial charge in [0.2, 0.25) is 10.0 Å². The van der Waals surface area contributed by atoms with E-state index in [1.807, 2.05) is 0 Å². The molecule has 0 aliphatic carbocycles. The van der Waals surface area contributed by atoms with Crippen molar-refractivity contribution in [3.05, 3.63) is 53.7 Å². The van der Waals surface area contributed by atoms with Gasteiger partial charge in [-0.15, -0.1) is 0 Å². The van der Waals surface area contributed by atoms with E-state index in [4.69, 9.17) is 0 Å². The average molecular weight is 469 g/mol. The van der Waals surface area contributed by atoms with Gasteiger partial charge in [0.25, 0.3) is 5.91 Å². The van der Waals surface area contributed by atoms with Crippen LogP contribution < -0.4 is 4.90 Å². The molecule has 0 unspecified atom stereocenters. The number of piperazine rings is 1. The van der Waals surface area contributed by atoms with Crippen LogP contribution in [0.4, 0.5) is 19.0 Å². The maximum Gasteiger partial charge on any atom is 0.416 e. The van der Waals surface area contributed by atoms with Crippen LogP contribution in [0.2, 0.25) is 0 Å². The number of carbonyl (C=O) groups excluding carboxylic acids is 1. The fourth-order valence-electron chi connectivity index (χ4n) is 4.01. The van der Waals surface area contributed by atoms with Crippen LogP contribution in [0.3, 0.4) is 0 Å². The van der Waals surface area contributed by atoms with Crippen LogP contribution in [0.5, 0.6) is 0 Å². The maximum absolute atomic E-state index is 13.1. The minimum Gasteiger partial charge on any atom is -0.356 e. The lowest BCUT2D eigenvalue weighted by molar-refractivity contribution is -0.137. The molecule has 32 heavy (non-hydrogen) atoms. The number of hydrogen-bond acceptors (Lipinski definition) is 5. The number of anilines is 1. The molecule has 2 saturated heterocycles. The van der Waals surface area contributed by atoms with E-state index in [2.05, 4.69) is 9.88 Å². The van der Waals surface area contributed by atoms with Gasteiger partial charge in [-0.3, -0.25) is 4.79 Å². The second kappa shape index (κ2) is 8.70. The molecule has 0 bridgehead atoms. The molecule has 1 aromatic carbocycles. The third-order valence-corrected chi connectivity index (χ3v) is 7.68. The summed E-state index contributed by atoms with van der Waals surface area (Å²) in [5.74, 6) is 0.446. The van der Waals surface area contributed by atoms with Gasteiger partial charge in [0, 0.05) is 45.5 Å². The molecule has 2 fully saturated rings. The standard InChI is InChI=1S/C21H23F3N4O3S/c22-21(23,24)16-5-7-17(8-6-16)32(30,31)28-14-12-27(13-15-28)20(29)18-4-3-9-25-19(18)26-10-1-2-11-26/h3-9H,1-2,10-15H2. The van der Waals surface area contributed by atoms with Gasteiger partial charge in [-0.1, -0.05) is 0 Å². The zero-order chi connectivity index (χ0) is 22.9. The Morgan fingerprint density at radius 1 is 0.906 bits per heavy atom. The van der Waals surface area contributed by atoms with Gasteiger partial charge in [-0.05, 0) is 49.2 Å². The van der Waals surface area contributed by atoms with Crippen LogP contribution >= 0.6 is 0 Å². The summed E-state index contributed by atoms with van der Waals surface area (Å²) in [6.45, 7) is 2.19. The van der Waals surface area contributed by atoms with E-state index >= 15 is 0 Å². The van der Waals surface area contributed by atoms with E-state index in [0.717, 1.165) is 50.2 Å². The monoisotopic (exact) mass is 468 g/mol. The molecule has 3 heterocycles. The molecule has 4 rings (SSSR count). The summed E-state index contributed by atoms with van der Waals surface area (Å²) in [5, 5.41) is 0. The number of carbonyl (C=O) groups is 1. The Morgan fingerprint density at radius 2 is 1.53 bits per heavy atom. The molecule has 11 heteroatoms. The van der Waals surface area contributed by atoms with Crippen molar-refractivity contribution in [2.24, 2.45) is 0 Å². The Morgan fingerprint density at radius 3 is 2.12 bits per heavy atom. The molecule has 7 nitrogen and oxygen atoms in total. The predicted octanol–water partition coefficient (Wildman–Crippen LogP) is 2.85. The third-order valence-electron chi connectivity index (χ3n) is 5.77. The number of alkyl halides is 3. The zero-order valence-corrected chi connectivity index (χ0v) is 18.1. The van der Waals surface area contributed by atoms with Crippen LogP contribution in [0.25, 0.3) is 0 Å². The van der Waals surface area contributed by atoms with Gasteiger partial charge < -0.3 is 9.80 Å². The topological polar surface area (TPSA) is 73.8 Å². The van der Waals surface area contributed by atoms with Crippen molar-refractivity contribution in [1.29, 1.82) is 0 Å². The SMILES string of the molecule is O=C(c1cccnc1N1CCCC1)N1CCN(S(=O)(=O)c2ccc(C(F)(F)F)cc2)CC1. The lowest BCUT2D eigenvalue weighted by Gasteiger charge is -2.34. The summed E-state index contributed by atoms with van der Waals surface area (Å²) in [4.78, 5) is 21.0. The Bertz CT molecular complexity index is 1080. The van der Waals surface area contributed by atoms with E-state index in [1.165, 1.54) is 4.31 Å². The van der Waals surface area contributed by atoms with Gasteiger partial charge in [0.05, 0.1) is 16.0 Å². The average Bonchev–Trinajstić information content (AvgIpc) is 3.33. The normalized spacial score (nSPS) is 18.2. The smallest absolute Gasteiger partial charge is 0.356 e. The molecule has 2 aliphatic rings. The summed E-state index contributed by atoms with van der Waals surface area (Å²) in [7, 11) is -3.95. The first kappa shape index (κ1) is 22.5. The Balaban J connectivity index is 1.45. The lowest BCUT2D eigenvalue weighted by Crippen LogP contribution is -2.50. The van der Waals surface area contributed by atoms with E-state index in [0.29, 0.717) is 11.4 Å². The second-order valence-corrected chi connectivity index (χ2v) is 9.73. The third kappa shape index (κ3) is 4.44. The maximum atomic E-state index is 13.1. The first-order valence-corrected chi connectivity index (χ1v) is 11.8. The molecule has 0 radical (unpaired) electrons. The van der Waals surface area contributed by atoms with Gasteiger partial charge in [0.15, 0.2) is 0 Å². The van der Waals surface area contributed by atoms with E-state index in [9.17, 15) is 26.4 Å². The highest BCUT2D eigenvalue weighted by Crippen LogP contribution is 2.30. The number of pyridine rings is 1. The van der Waals surface area contributed by atoms with Crippen molar-refractivity contribution in [3.8, 4) is 0 Å². The molecular formula is C21H23F3N4O3S. The first-order valence-electron chi connectivity index (χ1n) is 10.3. The molecule has 2 aliphatic heterocycles. The largest absolute Gasteiger partial charge is 0.416 e. The van der Waals surface area contributed by atoms with Crippen molar-refractivity contribution in [2.75, 3.05) is 44.2 Å². The zero-order valence-electron chi connectivity index (χ0n) is 17.3. The van der Waals surface area contributed by atoms with Gasteiger partial charge in [-0.25, -0.2) is 13.4 Å². The van der Waals surface area contributed by atoms with Gasteiger partial charge in [-0.2, -0.15) is 17.5 Å². The highest BCUT2D eigenvalue weighted by Gasteiger charge is 2.34. The summed E-state index contributed by atoms with van der Waals surface area (Å²) >= 11 is 0. The molecule has 0 N–H and O–H groups in total. The molecular weight excluding hydrogens is 445 g/mol. The summed E-state index contributed by atoms with van der Waals surface area (Å²) in [6, 6.07) is 6.89. The van der Waals surface area contributed by atoms with Crippen molar-refractivity contribution < 1.29 is 26.4 Å². The Labute approximate surface area is 184 Å². The highest BCUT2D eigenvalue weighted by molar-refractivity contribution is 7.89. The van der Waals surface area contributed by atoms with Crippen molar-refractivity contribution in [1.82, 2.24) is 14.2 Å². The fraction of sp³-hybridized carbons (Fsp3) is 0.429. The van der Waals surface area contributed by atoms with Crippen LogP contribution in [-0.2, 0) is 16.2 Å². The minimum atomic E-state index is -4.53. The number of hydrogen-bond donors (Lipinski definition) is 0. The Kier molecular flexibility index (Phi) is 6.13.